The highest BCUT2D eigenvalue weighted by molar-refractivity contribution is 5.87. The average Bonchev–Trinajstić information content (AvgIpc) is 2.60. The SMILES string of the molecule is CN(/N=C/C1CCCCC1)/C(N)=C/C(=O)N(O)C1CCCCC1. The minimum Gasteiger partial charge on any atom is -0.384 e. The Hall–Kier alpha value is -1.56. The van der Waals surface area contributed by atoms with Gasteiger partial charge in [0.2, 0.25) is 0 Å². The summed E-state index contributed by atoms with van der Waals surface area (Å²) in [4.78, 5) is 12.1. The smallest absolute Gasteiger partial charge is 0.273 e. The summed E-state index contributed by atoms with van der Waals surface area (Å²) in [6.07, 6.45) is 14.3. The second-order valence-electron chi connectivity index (χ2n) is 6.73. The fraction of sp³-hybridized carbons (Fsp3) is 0.765. The highest BCUT2D eigenvalue weighted by atomic mass is 16.5. The van der Waals surface area contributed by atoms with Gasteiger partial charge in [-0.05, 0) is 31.6 Å². The van der Waals surface area contributed by atoms with Crippen LogP contribution in [0.4, 0.5) is 0 Å². The van der Waals surface area contributed by atoms with Gasteiger partial charge in [-0.2, -0.15) is 5.10 Å². The fourth-order valence-electron chi connectivity index (χ4n) is 3.34. The van der Waals surface area contributed by atoms with Gasteiger partial charge in [0.15, 0.2) is 0 Å². The van der Waals surface area contributed by atoms with Crippen LogP contribution in [0.5, 0.6) is 0 Å². The first-order valence-electron chi connectivity index (χ1n) is 8.85. The Morgan fingerprint density at radius 2 is 1.65 bits per heavy atom. The zero-order valence-corrected chi connectivity index (χ0v) is 14.2. The van der Waals surface area contributed by atoms with Gasteiger partial charge in [0.25, 0.3) is 5.91 Å². The molecule has 0 aliphatic heterocycles. The van der Waals surface area contributed by atoms with Crippen LogP contribution in [0.3, 0.4) is 0 Å². The molecule has 6 heteroatoms. The Morgan fingerprint density at radius 3 is 2.26 bits per heavy atom. The maximum Gasteiger partial charge on any atom is 0.273 e. The Morgan fingerprint density at radius 1 is 1.09 bits per heavy atom. The number of hydrazone groups is 1. The summed E-state index contributed by atoms with van der Waals surface area (Å²) < 4.78 is 0. The molecule has 3 N–H and O–H groups in total. The first kappa shape index (κ1) is 17.8. The quantitative estimate of drug-likeness (QED) is 0.353. The van der Waals surface area contributed by atoms with Crippen molar-refractivity contribution in [3.8, 4) is 0 Å². The summed E-state index contributed by atoms with van der Waals surface area (Å²) in [6, 6.07) is -0.0867. The van der Waals surface area contributed by atoms with E-state index < -0.39 is 5.91 Å². The zero-order chi connectivity index (χ0) is 16.7. The van der Waals surface area contributed by atoms with Gasteiger partial charge >= 0.3 is 0 Å². The van der Waals surface area contributed by atoms with Crippen molar-refractivity contribution in [1.82, 2.24) is 10.1 Å². The number of carbonyl (C=O) groups excluding carboxylic acids is 1. The summed E-state index contributed by atoms with van der Waals surface area (Å²) in [5.74, 6) is 0.289. The summed E-state index contributed by atoms with van der Waals surface area (Å²) in [6.45, 7) is 0. The molecule has 2 fully saturated rings. The van der Waals surface area contributed by atoms with Crippen molar-refractivity contribution in [3.05, 3.63) is 11.9 Å². The van der Waals surface area contributed by atoms with E-state index in [9.17, 15) is 10.0 Å². The molecule has 2 aliphatic carbocycles. The van der Waals surface area contributed by atoms with Gasteiger partial charge in [0.05, 0.1) is 6.04 Å². The van der Waals surface area contributed by atoms with Gasteiger partial charge < -0.3 is 5.73 Å². The van der Waals surface area contributed by atoms with E-state index in [1.807, 2.05) is 6.21 Å². The number of nitrogens with zero attached hydrogens (tertiary/aromatic N) is 3. The molecule has 0 aromatic carbocycles. The van der Waals surface area contributed by atoms with Crippen molar-refractivity contribution < 1.29 is 10.0 Å². The largest absolute Gasteiger partial charge is 0.384 e. The lowest BCUT2D eigenvalue weighted by Gasteiger charge is -2.28. The van der Waals surface area contributed by atoms with Crippen LogP contribution >= 0.6 is 0 Å². The Kier molecular flexibility index (Phi) is 6.89. The van der Waals surface area contributed by atoms with Gasteiger partial charge in [-0.15, -0.1) is 0 Å². The number of carbonyl (C=O) groups is 1. The van der Waals surface area contributed by atoms with Crippen molar-refractivity contribution >= 4 is 12.1 Å². The Labute approximate surface area is 139 Å². The van der Waals surface area contributed by atoms with E-state index in [1.54, 1.807) is 7.05 Å². The van der Waals surface area contributed by atoms with Crippen LogP contribution in [0, 0.1) is 5.92 Å². The van der Waals surface area contributed by atoms with Gasteiger partial charge in [-0.1, -0.05) is 38.5 Å². The Bertz CT molecular complexity index is 438. The lowest BCUT2D eigenvalue weighted by molar-refractivity contribution is -0.172. The van der Waals surface area contributed by atoms with E-state index in [1.165, 1.54) is 49.6 Å². The van der Waals surface area contributed by atoms with Crippen LogP contribution in [-0.2, 0) is 4.79 Å². The maximum atomic E-state index is 12.1. The molecular weight excluding hydrogens is 292 g/mol. The van der Waals surface area contributed by atoms with Crippen molar-refractivity contribution in [2.75, 3.05) is 7.05 Å². The van der Waals surface area contributed by atoms with Crippen molar-refractivity contribution in [2.24, 2.45) is 16.8 Å². The third-order valence-corrected chi connectivity index (χ3v) is 4.89. The number of hydroxylamine groups is 2. The highest BCUT2D eigenvalue weighted by Gasteiger charge is 2.23. The van der Waals surface area contributed by atoms with Gasteiger partial charge in [0.1, 0.15) is 5.82 Å². The third-order valence-electron chi connectivity index (χ3n) is 4.89. The topological polar surface area (TPSA) is 82.2 Å². The van der Waals surface area contributed by atoms with Crippen molar-refractivity contribution in [2.45, 2.75) is 70.3 Å². The van der Waals surface area contributed by atoms with Crippen LogP contribution in [0.25, 0.3) is 0 Å². The first-order chi connectivity index (χ1) is 11.1. The van der Waals surface area contributed by atoms with Crippen LogP contribution in [0.2, 0.25) is 0 Å². The molecule has 1 amide bonds. The fourth-order valence-corrected chi connectivity index (χ4v) is 3.34. The molecule has 0 aromatic heterocycles. The van der Waals surface area contributed by atoms with E-state index in [0.29, 0.717) is 5.92 Å². The second kappa shape index (κ2) is 8.91. The van der Waals surface area contributed by atoms with E-state index in [4.69, 9.17) is 5.73 Å². The lowest BCUT2D eigenvalue weighted by Crippen LogP contribution is -2.38. The molecule has 130 valence electrons. The van der Waals surface area contributed by atoms with Crippen LogP contribution in [-0.4, -0.2) is 40.5 Å². The number of hydrogen-bond donors (Lipinski definition) is 2. The molecule has 0 unspecified atom stereocenters. The number of rotatable bonds is 5. The van der Waals surface area contributed by atoms with Gasteiger partial charge in [0, 0.05) is 19.3 Å². The van der Waals surface area contributed by atoms with E-state index in [2.05, 4.69) is 5.10 Å². The maximum absolute atomic E-state index is 12.1. The molecule has 0 bridgehead atoms. The number of hydrogen-bond acceptors (Lipinski definition) is 5. The number of amides is 1. The zero-order valence-electron chi connectivity index (χ0n) is 14.2. The minimum absolute atomic E-state index is 0.0867. The molecule has 0 atom stereocenters. The minimum atomic E-state index is -0.464. The molecular formula is C17H30N4O2. The average molecular weight is 322 g/mol. The molecule has 2 aliphatic rings. The van der Waals surface area contributed by atoms with E-state index >= 15 is 0 Å². The van der Waals surface area contributed by atoms with Crippen LogP contribution < -0.4 is 5.73 Å². The first-order valence-corrected chi connectivity index (χ1v) is 8.85. The second-order valence-corrected chi connectivity index (χ2v) is 6.73. The van der Waals surface area contributed by atoms with Gasteiger partial charge in [-0.3, -0.25) is 15.0 Å². The van der Waals surface area contributed by atoms with Crippen LogP contribution in [0.15, 0.2) is 17.0 Å². The normalized spacial score (nSPS) is 21.6. The van der Waals surface area contributed by atoms with Crippen LogP contribution in [0.1, 0.15) is 64.2 Å². The molecule has 0 heterocycles. The molecule has 2 rings (SSSR count). The molecule has 6 nitrogen and oxygen atoms in total. The standard InChI is InChI=1S/C17H30N4O2/c1-20(19-13-14-8-4-2-5-9-14)16(18)12-17(22)21(23)15-10-6-3-7-11-15/h12-15,23H,2-11,18H2,1H3/b16-12+,19-13+. The predicted molar refractivity (Wildman–Crippen MR) is 90.6 cm³/mol. The van der Waals surface area contributed by atoms with E-state index in [-0.39, 0.29) is 11.9 Å². The van der Waals surface area contributed by atoms with Gasteiger partial charge in [-0.25, -0.2) is 5.06 Å². The number of nitrogens with two attached hydrogens (primary N) is 1. The molecule has 0 spiro atoms. The summed E-state index contributed by atoms with van der Waals surface area (Å²) in [5.41, 5.74) is 5.92. The monoisotopic (exact) mass is 322 g/mol. The predicted octanol–water partition coefficient (Wildman–Crippen LogP) is 2.83. The molecule has 0 radical (unpaired) electrons. The molecule has 0 saturated heterocycles. The summed E-state index contributed by atoms with van der Waals surface area (Å²) >= 11 is 0. The summed E-state index contributed by atoms with van der Waals surface area (Å²) in [5, 5.41) is 16.7. The molecule has 2 saturated carbocycles. The van der Waals surface area contributed by atoms with E-state index in [0.717, 1.165) is 30.7 Å². The lowest BCUT2D eigenvalue weighted by atomic mass is 9.90. The van der Waals surface area contributed by atoms with Crippen molar-refractivity contribution in [1.29, 1.82) is 0 Å². The summed E-state index contributed by atoms with van der Waals surface area (Å²) in [7, 11) is 1.72. The highest BCUT2D eigenvalue weighted by Crippen LogP contribution is 2.23. The third kappa shape index (κ3) is 5.53. The molecule has 0 aromatic rings. The molecule has 23 heavy (non-hydrogen) atoms. The van der Waals surface area contributed by atoms with Crippen molar-refractivity contribution in [3.63, 3.8) is 0 Å². The Balaban J connectivity index is 1.86.